The smallest absolute Gasteiger partial charge is 0.263 e. The van der Waals surface area contributed by atoms with Crippen LogP contribution in [0.3, 0.4) is 0 Å². The Labute approximate surface area is 123 Å². The van der Waals surface area contributed by atoms with Crippen LogP contribution >= 0.6 is 27.3 Å². The van der Waals surface area contributed by atoms with Gasteiger partial charge in [-0.25, -0.2) is 8.42 Å². The number of pyridine rings is 1. The van der Waals surface area contributed by atoms with E-state index in [2.05, 4.69) is 25.6 Å². The van der Waals surface area contributed by atoms with Gasteiger partial charge in [-0.2, -0.15) is 0 Å². The monoisotopic (exact) mass is 362 g/mol. The second-order valence-corrected chi connectivity index (χ2v) is 7.91. The third-order valence-electron chi connectivity index (χ3n) is 2.30. The maximum atomic E-state index is 12.2. The highest BCUT2D eigenvalue weighted by Crippen LogP contribution is 2.32. The third-order valence-corrected chi connectivity index (χ3v) is 5.92. The summed E-state index contributed by atoms with van der Waals surface area (Å²) in [5.74, 6) is 0. The van der Waals surface area contributed by atoms with Crippen molar-refractivity contribution >= 4 is 43.0 Å². The minimum absolute atomic E-state index is 0.121. The minimum atomic E-state index is -3.68. The largest absolute Gasteiger partial charge is 0.391 e. The zero-order valence-electron chi connectivity index (χ0n) is 9.92. The van der Waals surface area contributed by atoms with E-state index in [1.54, 1.807) is 19.1 Å². The maximum absolute atomic E-state index is 12.2. The molecule has 0 bridgehead atoms. The fourth-order valence-electron chi connectivity index (χ4n) is 1.48. The van der Waals surface area contributed by atoms with Gasteiger partial charge in [0, 0.05) is 16.8 Å². The van der Waals surface area contributed by atoms with Crippen molar-refractivity contribution in [3.05, 3.63) is 38.8 Å². The van der Waals surface area contributed by atoms with E-state index in [1.165, 1.54) is 23.6 Å². The zero-order valence-corrected chi connectivity index (χ0v) is 13.1. The van der Waals surface area contributed by atoms with Crippen LogP contribution in [-0.2, 0) is 16.6 Å². The van der Waals surface area contributed by atoms with Gasteiger partial charge in [-0.1, -0.05) is 0 Å². The topological polar surface area (TPSA) is 79.3 Å². The average molecular weight is 363 g/mol. The van der Waals surface area contributed by atoms with E-state index in [1.807, 2.05) is 0 Å². The van der Waals surface area contributed by atoms with Crippen LogP contribution in [-0.4, -0.2) is 18.5 Å². The summed E-state index contributed by atoms with van der Waals surface area (Å²) in [6, 6.07) is 4.67. The van der Waals surface area contributed by atoms with Crippen molar-refractivity contribution in [2.45, 2.75) is 18.4 Å². The van der Waals surface area contributed by atoms with Crippen molar-refractivity contribution in [3.8, 4) is 0 Å². The number of aliphatic hydroxyl groups is 1. The Bertz CT molecular complexity index is 698. The van der Waals surface area contributed by atoms with Crippen LogP contribution in [0.25, 0.3) is 0 Å². The van der Waals surface area contributed by atoms with Gasteiger partial charge < -0.3 is 5.11 Å². The molecule has 19 heavy (non-hydrogen) atoms. The predicted octanol–water partition coefficient (Wildman–Crippen LogP) is 2.51. The molecule has 0 saturated heterocycles. The Hall–Kier alpha value is -0.960. The molecule has 0 aliphatic rings. The molecule has 2 N–H and O–H groups in total. The molecule has 2 aromatic heterocycles. The first-order chi connectivity index (χ1) is 8.92. The Morgan fingerprint density at radius 2 is 2.21 bits per heavy atom. The standard InChI is InChI=1S/C11H11BrN2O3S2/c1-7-4-8(2-3-13-7)14-19(16,17)10-5-9(6-15)18-11(10)12/h2-5,15H,6H2,1H3,(H,13,14). The van der Waals surface area contributed by atoms with E-state index in [4.69, 9.17) is 5.11 Å². The number of hydrogen-bond donors (Lipinski definition) is 2. The molecule has 5 nitrogen and oxygen atoms in total. The average Bonchev–Trinajstić information content (AvgIpc) is 2.71. The fourth-order valence-corrected chi connectivity index (χ4v) is 5.07. The number of aromatic nitrogens is 1. The first-order valence-corrected chi connectivity index (χ1v) is 8.36. The molecule has 102 valence electrons. The number of aliphatic hydroxyl groups excluding tert-OH is 1. The number of rotatable bonds is 4. The van der Waals surface area contributed by atoms with Gasteiger partial charge in [0.25, 0.3) is 10.0 Å². The van der Waals surface area contributed by atoms with Gasteiger partial charge >= 0.3 is 0 Å². The van der Waals surface area contributed by atoms with Crippen LogP contribution in [0, 0.1) is 6.92 Å². The lowest BCUT2D eigenvalue weighted by molar-refractivity contribution is 0.285. The summed E-state index contributed by atoms with van der Waals surface area (Å²) >= 11 is 4.39. The zero-order chi connectivity index (χ0) is 14.0. The molecule has 2 rings (SSSR count). The van der Waals surface area contributed by atoms with Crippen molar-refractivity contribution in [3.63, 3.8) is 0 Å². The van der Waals surface area contributed by atoms with Crippen molar-refractivity contribution in [1.29, 1.82) is 0 Å². The summed E-state index contributed by atoms with van der Waals surface area (Å²) in [4.78, 5) is 4.71. The van der Waals surface area contributed by atoms with Gasteiger partial charge in [-0.3, -0.25) is 9.71 Å². The lowest BCUT2D eigenvalue weighted by Crippen LogP contribution is -2.12. The fraction of sp³-hybridized carbons (Fsp3) is 0.182. The summed E-state index contributed by atoms with van der Waals surface area (Å²) in [6.45, 7) is 1.59. The summed E-state index contributed by atoms with van der Waals surface area (Å²) in [5.41, 5.74) is 1.18. The van der Waals surface area contributed by atoms with Crippen LogP contribution in [0.1, 0.15) is 10.6 Å². The first kappa shape index (κ1) is 14.4. The molecule has 0 aliphatic carbocycles. The highest BCUT2D eigenvalue weighted by atomic mass is 79.9. The number of thiophene rings is 1. The van der Waals surface area contributed by atoms with E-state index < -0.39 is 10.0 Å². The van der Waals surface area contributed by atoms with Gasteiger partial charge in [0.05, 0.1) is 16.1 Å². The molecule has 8 heteroatoms. The van der Waals surface area contributed by atoms with E-state index in [0.717, 1.165) is 5.69 Å². The molecule has 2 aromatic rings. The van der Waals surface area contributed by atoms with Gasteiger partial charge in [0.15, 0.2) is 0 Å². The van der Waals surface area contributed by atoms with E-state index in [9.17, 15) is 8.42 Å². The van der Waals surface area contributed by atoms with Gasteiger partial charge in [-0.05, 0) is 41.1 Å². The van der Waals surface area contributed by atoms with Crippen LogP contribution in [0.4, 0.5) is 5.69 Å². The molecule has 0 aliphatic heterocycles. The van der Waals surface area contributed by atoms with Crippen molar-refractivity contribution in [2.75, 3.05) is 4.72 Å². The molecule has 0 aromatic carbocycles. The minimum Gasteiger partial charge on any atom is -0.391 e. The Morgan fingerprint density at radius 1 is 1.47 bits per heavy atom. The SMILES string of the molecule is Cc1cc(NS(=O)(=O)c2cc(CO)sc2Br)ccn1. The van der Waals surface area contributed by atoms with E-state index in [0.29, 0.717) is 14.4 Å². The molecule has 2 heterocycles. The van der Waals surface area contributed by atoms with Crippen LogP contribution in [0.15, 0.2) is 33.1 Å². The molecular formula is C11H11BrN2O3S2. The van der Waals surface area contributed by atoms with Crippen molar-refractivity contribution in [1.82, 2.24) is 4.98 Å². The van der Waals surface area contributed by atoms with E-state index in [-0.39, 0.29) is 11.5 Å². The molecule has 0 radical (unpaired) electrons. The Kier molecular flexibility index (Phi) is 4.24. The number of nitrogens with zero attached hydrogens (tertiary/aromatic N) is 1. The molecular weight excluding hydrogens is 352 g/mol. The van der Waals surface area contributed by atoms with Crippen molar-refractivity contribution < 1.29 is 13.5 Å². The summed E-state index contributed by atoms with van der Waals surface area (Å²) in [7, 11) is -3.68. The summed E-state index contributed by atoms with van der Waals surface area (Å²) < 4.78 is 27.4. The van der Waals surface area contributed by atoms with E-state index >= 15 is 0 Å². The number of hydrogen-bond acceptors (Lipinski definition) is 5. The molecule has 0 saturated carbocycles. The number of halogens is 1. The highest BCUT2D eigenvalue weighted by molar-refractivity contribution is 9.11. The number of anilines is 1. The molecule has 0 atom stereocenters. The maximum Gasteiger partial charge on any atom is 0.263 e. The normalized spacial score (nSPS) is 11.5. The second-order valence-electron chi connectivity index (χ2n) is 3.80. The number of nitrogens with one attached hydrogen (secondary N) is 1. The number of aryl methyl sites for hydroxylation is 1. The molecule has 0 fully saturated rings. The van der Waals surface area contributed by atoms with Crippen LogP contribution < -0.4 is 4.72 Å². The Balaban J connectivity index is 2.34. The second kappa shape index (κ2) is 5.58. The molecule has 0 spiro atoms. The number of sulfonamides is 1. The highest BCUT2D eigenvalue weighted by Gasteiger charge is 2.21. The quantitative estimate of drug-likeness (QED) is 0.875. The molecule has 0 amide bonds. The lowest BCUT2D eigenvalue weighted by atomic mass is 10.3. The Morgan fingerprint density at radius 3 is 2.79 bits per heavy atom. The molecule has 0 unspecified atom stereocenters. The first-order valence-electron chi connectivity index (χ1n) is 5.27. The summed E-state index contributed by atoms with van der Waals surface area (Å²) in [6.07, 6.45) is 1.54. The lowest BCUT2D eigenvalue weighted by Gasteiger charge is -2.07. The van der Waals surface area contributed by atoms with Crippen LogP contribution in [0.5, 0.6) is 0 Å². The third kappa shape index (κ3) is 3.33. The van der Waals surface area contributed by atoms with Gasteiger partial charge in [-0.15, -0.1) is 11.3 Å². The summed E-state index contributed by atoms with van der Waals surface area (Å²) in [5, 5.41) is 9.03. The van der Waals surface area contributed by atoms with Gasteiger partial charge in [0.1, 0.15) is 4.90 Å². The van der Waals surface area contributed by atoms with Crippen LogP contribution in [0.2, 0.25) is 0 Å². The van der Waals surface area contributed by atoms with Crippen molar-refractivity contribution in [2.24, 2.45) is 0 Å². The van der Waals surface area contributed by atoms with Gasteiger partial charge in [0.2, 0.25) is 0 Å². The predicted molar refractivity (Wildman–Crippen MR) is 77.7 cm³/mol.